The molecule has 2 unspecified atom stereocenters. The second-order valence-electron chi connectivity index (χ2n) is 6.25. The van der Waals surface area contributed by atoms with Crippen LogP contribution < -0.4 is 0 Å². The number of Topliss-reactive ketones (excluding diaryl/α,β-unsaturated/α-hetero) is 1. The van der Waals surface area contributed by atoms with E-state index in [-0.39, 0.29) is 11.8 Å². The maximum atomic E-state index is 13.0. The number of carbonyl (C=O) groups is 1. The molecule has 1 aliphatic rings. The van der Waals surface area contributed by atoms with Crippen molar-refractivity contribution in [2.24, 2.45) is 5.92 Å². The fourth-order valence-electron chi connectivity index (χ4n) is 3.58. The van der Waals surface area contributed by atoms with E-state index in [0.717, 1.165) is 24.9 Å². The third-order valence-corrected chi connectivity index (χ3v) is 4.67. The molecule has 114 valence electrons. The van der Waals surface area contributed by atoms with Crippen molar-refractivity contribution in [3.63, 3.8) is 0 Å². The first-order valence-electron chi connectivity index (χ1n) is 8.09. The Morgan fingerprint density at radius 3 is 2.36 bits per heavy atom. The van der Waals surface area contributed by atoms with Gasteiger partial charge in [-0.05, 0) is 44.3 Å². The average molecular weight is 293 g/mol. The van der Waals surface area contributed by atoms with E-state index < -0.39 is 0 Å². The summed E-state index contributed by atoms with van der Waals surface area (Å²) in [6.45, 7) is 1.01. The molecule has 0 aliphatic carbocycles. The van der Waals surface area contributed by atoms with Crippen molar-refractivity contribution in [1.29, 1.82) is 0 Å². The van der Waals surface area contributed by atoms with Crippen LogP contribution in [-0.2, 0) is 6.42 Å². The van der Waals surface area contributed by atoms with Crippen molar-refractivity contribution in [1.82, 2.24) is 4.90 Å². The molecular weight excluding hydrogens is 270 g/mol. The van der Waals surface area contributed by atoms with Gasteiger partial charge in [-0.2, -0.15) is 0 Å². The molecule has 22 heavy (non-hydrogen) atoms. The molecule has 1 aliphatic heterocycles. The summed E-state index contributed by atoms with van der Waals surface area (Å²) < 4.78 is 0. The predicted octanol–water partition coefficient (Wildman–Crippen LogP) is 3.82. The minimum Gasteiger partial charge on any atom is -0.296 e. The summed E-state index contributed by atoms with van der Waals surface area (Å²) in [4.78, 5) is 15.2. The third-order valence-electron chi connectivity index (χ3n) is 4.67. The van der Waals surface area contributed by atoms with Gasteiger partial charge in [-0.15, -0.1) is 0 Å². The molecule has 2 aromatic carbocycles. The van der Waals surface area contributed by atoms with Crippen LogP contribution in [0, 0.1) is 5.92 Å². The second-order valence-corrected chi connectivity index (χ2v) is 6.25. The smallest absolute Gasteiger partial charge is 0.180 e. The van der Waals surface area contributed by atoms with E-state index in [1.165, 1.54) is 12.0 Å². The van der Waals surface area contributed by atoms with Crippen LogP contribution in [0.3, 0.4) is 0 Å². The summed E-state index contributed by atoms with van der Waals surface area (Å²) in [6.07, 6.45) is 3.28. The van der Waals surface area contributed by atoms with E-state index >= 15 is 0 Å². The normalized spacial score (nSPS) is 22.4. The minimum atomic E-state index is -0.00337. The van der Waals surface area contributed by atoms with E-state index in [9.17, 15) is 4.79 Å². The Morgan fingerprint density at radius 2 is 1.68 bits per heavy atom. The minimum absolute atomic E-state index is 0.00337. The van der Waals surface area contributed by atoms with Crippen LogP contribution in [-0.4, -0.2) is 30.3 Å². The third kappa shape index (κ3) is 3.28. The average Bonchev–Trinajstić information content (AvgIpc) is 2.56. The summed E-state index contributed by atoms with van der Waals surface area (Å²) in [6, 6.07) is 20.3. The summed E-state index contributed by atoms with van der Waals surface area (Å²) in [5.74, 6) is 0.664. The van der Waals surface area contributed by atoms with Crippen LogP contribution in [0.5, 0.6) is 0 Å². The van der Waals surface area contributed by atoms with Crippen LogP contribution in [0.25, 0.3) is 0 Å². The predicted molar refractivity (Wildman–Crippen MR) is 90.1 cm³/mol. The Bertz CT molecular complexity index is 608. The zero-order valence-corrected chi connectivity index (χ0v) is 13.1. The molecule has 0 bridgehead atoms. The molecular formula is C20H23NO. The lowest BCUT2D eigenvalue weighted by molar-refractivity contribution is 0.0671. The first-order valence-corrected chi connectivity index (χ1v) is 8.09. The number of ketones is 1. The first-order chi connectivity index (χ1) is 10.8. The van der Waals surface area contributed by atoms with Crippen molar-refractivity contribution < 1.29 is 4.79 Å². The quantitative estimate of drug-likeness (QED) is 0.799. The number of carbonyl (C=O) groups excluding carboxylic acids is 1. The summed E-state index contributed by atoms with van der Waals surface area (Å²) in [7, 11) is 2.09. The number of piperidine rings is 1. The summed E-state index contributed by atoms with van der Waals surface area (Å²) in [5.41, 5.74) is 2.16. The van der Waals surface area contributed by atoms with Gasteiger partial charge in [-0.3, -0.25) is 9.69 Å². The fourth-order valence-corrected chi connectivity index (χ4v) is 3.58. The molecule has 3 rings (SSSR count). The van der Waals surface area contributed by atoms with Gasteiger partial charge in [-0.1, -0.05) is 60.7 Å². The van der Waals surface area contributed by atoms with Crippen molar-refractivity contribution in [3.8, 4) is 0 Å². The van der Waals surface area contributed by atoms with Crippen LogP contribution in [0.15, 0.2) is 60.7 Å². The van der Waals surface area contributed by atoms with Gasteiger partial charge in [0.25, 0.3) is 0 Å². The van der Waals surface area contributed by atoms with E-state index in [4.69, 9.17) is 0 Å². The molecule has 0 amide bonds. The van der Waals surface area contributed by atoms with E-state index in [0.29, 0.717) is 5.92 Å². The maximum Gasteiger partial charge on any atom is 0.180 e. The number of hydrogen-bond acceptors (Lipinski definition) is 2. The fraction of sp³-hybridized carbons (Fsp3) is 0.350. The van der Waals surface area contributed by atoms with Gasteiger partial charge in [0.1, 0.15) is 0 Å². The Balaban J connectivity index is 1.83. The van der Waals surface area contributed by atoms with Crippen LogP contribution in [0.2, 0.25) is 0 Å². The van der Waals surface area contributed by atoms with E-state index in [1.54, 1.807) is 0 Å². The van der Waals surface area contributed by atoms with Gasteiger partial charge < -0.3 is 0 Å². The topological polar surface area (TPSA) is 20.3 Å². The number of likely N-dealkylation sites (tertiary alicyclic amines) is 1. The van der Waals surface area contributed by atoms with E-state index in [1.807, 2.05) is 36.4 Å². The van der Waals surface area contributed by atoms with Gasteiger partial charge >= 0.3 is 0 Å². The highest BCUT2D eigenvalue weighted by atomic mass is 16.1. The molecule has 0 saturated carbocycles. The van der Waals surface area contributed by atoms with Crippen LogP contribution >= 0.6 is 0 Å². The number of likely N-dealkylation sites (N-methyl/N-ethyl adjacent to an activating group) is 1. The molecule has 2 nitrogen and oxygen atoms in total. The molecule has 0 spiro atoms. The van der Waals surface area contributed by atoms with Crippen molar-refractivity contribution in [3.05, 3.63) is 71.8 Å². The molecule has 0 N–H and O–H groups in total. The Kier molecular flexibility index (Phi) is 4.69. The Labute approximate surface area is 132 Å². The SMILES string of the molecule is CN1CCCC(Cc2ccccc2)C1C(=O)c1ccccc1. The molecule has 1 heterocycles. The maximum absolute atomic E-state index is 13.0. The number of rotatable bonds is 4. The second kappa shape index (κ2) is 6.89. The molecule has 0 radical (unpaired) electrons. The van der Waals surface area contributed by atoms with Gasteiger partial charge in [0.15, 0.2) is 5.78 Å². The van der Waals surface area contributed by atoms with Gasteiger partial charge in [0.05, 0.1) is 6.04 Å². The monoisotopic (exact) mass is 293 g/mol. The first kappa shape index (κ1) is 15.0. The highest BCUT2D eigenvalue weighted by molar-refractivity contribution is 6.00. The van der Waals surface area contributed by atoms with Crippen molar-refractivity contribution >= 4 is 5.78 Å². The molecule has 0 aromatic heterocycles. The summed E-state index contributed by atoms with van der Waals surface area (Å²) >= 11 is 0. The van der Waals surface area contributed by atoms with Crippen LogP contribution in [0.4, 0.5) is 0 Å². The van der Waals surface area contributed by atoms with Gasteiger partial charge in [0, 0.05) is 5.56 Å². The molecule has 2 aromatic rings. The highest BCUT2D eigenvalue weighted by Crippen LogP contribution is 2.28. The lowest BCUT2D eigenvalue weighted by atomic mass is 9.81. The zero-order chi connectivity index (χ0) is 15.4. The van der Waals surface area contributed by atoms with Crippen molar-refractivity contribution in [2.75, 3.05) is 13.6 Å². The number of benzene rings is 2. The van der Waals surface area contributed by atoms with Gasteiger partial charge in [-0.25, -0.2) is 0 Å². The standard InChI is InChI=1S/C20H23NO/c1-21-14-8-13-18(15-16-9-4-2-5-10-16)19(21)20(22)17-11-6-3-7-12-17/h2-7,9-12,18-19H,8,13-15H2,1H3. The Morgan fingerprint density at radius 1 is 1.05 bits per heavy atom. The Hall–Kier alpha value is -1.93. The molecule has 1 saturated heterocycles. The molecule has 1 fully saturated rings. The lowest BCUT2D eigenvalue weighted by Gasteiger charge is -2.38. The van der Waals surface area contributed by atoms with Gasteiger partial charge in [0.2, 0.25) is 0 Å². The van der Waals surface area contributed by atoms with Crippen LogP contribution in [0.1, 0.15) is 28.8 Å². The number of nitrogens with zero attached hydrogens (tertiary/aromatic N) is 1. The van der Waals surface area contributed by atoms with E-state index in [2.05, 4.69) is 36.2 Å². The highest BCUT2D eigenvalue weighted by Gasteiger charge is 2.35. The molecule has 2 heteroatoms. The van der Waals surface area contributed by atoms with Crippen molar-refractivity contribution in [2.45, 2.75) is 25.3 Å². The molecule has 2 atom stereocenters. The number of hydrogen-bond donors (Lipinski definition) is 0. The summed E-state index contributed by atoms with van der Waals surface area (Å²) in [5, 5.41) is 0. The zero-order valence-electron chi connectivity index (χ0n) is 13.1. The largest absolute Gasteiger partial charge is 0.296 e. The lowest BCUT2D eigenvalue weighted by Crippen LogP contribution is -2.48.